The summed E-state index contributed by atoms with van der Waals surface area (Å²) in [6.07, 6.45) is 0. The third kappa shape index (κ3) is 9.63. The number of methoxy groups -OCH3 is 2. The summed E-state index contributed by atoms with van der Waals surface area (Å²) in [6.45, 7) is 6.57. The molecule has 0 saturated carbocycles. The Labute approximate surface area is 297 Å². The summed E-state index contributed by atoms with van der Waals surface area (Å²) in [4.78, 5) is 15.5. The lowest BCUT2D eigenvalue weighted by Gasteiger charge is -2.36. The number of rotatable bonds is 18. The van der Waals surface area contributed by atoms with Gasteiger partial charge in [-0.1, -0.05) is 84.9 Å². The minimum atomic E-state index is -4.18. The van der Waals surface area contributed by atoms with Crippen molar-refractivity contribution in [2.45, 2.75) is 12.2 Å². The molecule has 0 bridgehead atoms. The van der Waals surface area contributed by atoms with Gasteiger partial charge in [0.2, 0.25) is 6.54 Å². The monoisotopic (exact) mass is 707 g/mol. The lowest BCUT2D eigenvalue weighted by Crippen LogP contribution is -2.32. The van der Waals surface area contributed by atoms with E-state index in [1.165, 1.54) is 0 Å². The molecule has 10 nitrogen and oxygen atoms in total. The molecule has 5 rings (SSSR count). The second kappa shape index (κ2) is 18.0. The van der Waals surface area contributed by atoms with Crippen LogP contribution in [0.2, 0.25) is 0 Å². The lowest BCUT2D eigenvalue weighted by atomic mass is 9.80. The third-order valence-electron chi connectivity index (χ3n) is 7.80. The van der Waals surface area contributed by atoms with Crippen LogP contribution in [0.15, 0.2) is 133 Å². The van der Waals surface area contributed by atoms with E-state index in [0.29, 0.717) is 5.56 Å². The van der Waals surface area contributed by atoms with Crippen LogP contribution >= 0.6 is 7.82 Å². The SMILES string of the molecule is [C-]#[N+]CCOP(=O)(OCCOC(=O)c1ccccc1)Oc1ccc(COC(c2ccccc2)(c2ccc(OC)cc2)c2ccc(OC)cc2)cc1. The molecule has 11 heteroatoms. The van der Waals surface area contributed by atoms with E-state index in [1.54, 1.807) is 68.8 Å². The fraction of sp³-hybridized carbons (Fsp3) is 0.200. The Kier molecular flexibility index (Phi) is 13.0. The summed E-state index contributed by atoms with van der Waals surface area (Å²) in [7, 11) is -0.928. The summed E-state index contributed by atoms with van der Waals surface area (Å²) >= 11 is 0. The van der Waals surface area contributed by atoms with Crippen LogP contribution in [0.3, 0.4) is 0 Å². The topological polar surface area (TPSA) is 103 Å². The Hall–Kier alpha value is -5.43. The molecule has 0 aliphatic carbocycles. The zero-order valence-electron chi connectivity index (χ0n) is 28.3. The number of nitrogens with zero attached hydrogens (tertiary/aromatic N) is 1. The number of esters is 1. The van der Waals surface area contributed by atoms with E-state index in [2.05, 4.69) is 4.85 Å². The van der Waals surface area contributed by atoms with Gasteiger partial charge in [-0.25, -0.2) is 15.9 Å². The van der Waals surface area contributed by atoms with Crippen molar-refractivity contribution in [3.63, 3.8) is 0 Å². The van der Waals surface area contributed by atoms with Crippen molar-refractivity contribution in [2.75, 3.05) is 40.6 Å². The van der Waals surface area contributed by atoms with Crippen molar-refractivity contribution in [3.8, 4) is 17.2 Å². The molecule has 0 fully saturated rings. The zero-order valence-corrected chi connectivity index (χ0v) is 29.2. The van der Waals surface area contributed by atoms with Gasteiger partial charge < -0.3 is 28.3 Å². The van der Waals surface area contributed by atoms with Gasteiger partial charge in [0, 0.05) is 0 Å². The van der Waals surface area contributed by atoms with Gasteiger partial charge in [-0.15, -0.1) is 0 Å². The number of carbonyl (C=O) groups is 1. The average molecular weight is 708 g/mol. The van der Waals surface area contributed by atoms with Crippen molar-refractivity contribution in [3.05, 3.63) is 173 Å². The molecule has 0 aliphatic rings. The highest BCUT2D eigenvalue weighted by Crippen LogP contribution is 2.49. The van der Waals surface area contributed by atoms with Crippen LogP contribution in [0, 0.1) is 6.57 Å². The van der Waals surface area contributed by atoms with Gasteiger partial charge in [0.15, 0.2) is 0 Å². The van der Waals surface area contributed by atoms with Gasteiger partial charge in [0.05, 0.1) is 33.0 Å². The molecule has 1 atom stereocenters. The van der Waals surface area contributed by atoms with E-state index >= 15 is 0 Å². The fourth-order valence-electron chi connectivity index (χ4n) is 5.27. The molecule has 1 unspecified atom stereocenters. The van der Waals surface area contributed by atoms with Gasteiger partial charge >= 0.3 is 13.8 Å². The first-order valence-electron chi connectivity index (χ1n) is 16.1. The Morgan fingerprint density at radius 2 is 1.16 bits per heavy atom. The number of ether oxygens (including phenoxy) is 4. The molecule has 0 saturated heterocycles. The lowest BCUT2D eigenvalue weighted by molar-refractivity contribution is 0.000182. The Balaban J connectivity index is 1.34. The quantitative estimate of drug-likeness (QED) is 0.0292. The molecule has 0 radical (unpaired) electrons. The molecule has 0 amide bonds. The second-order valence-corrected chi connectivity index (χ2v) is 12.6. The summed E-state index contributed by atoms with van der Waals surface area (Å²) in [6, 6.07) is 40.8. The van der Waals surface area contributed by atoms with Crippen LogP contribution in [0.25, 0.3) is 4.85 Å². The number of phosphoric ester groups is 1. The van der Waals surface area contributed by atoms with Gasteiger partial charge in [0.25, 0.3) is 0 Å². The molecule has 0 aliphatic heterocycles. The highest BCUT2D eigenvalue weighted by atomic mass is 31.2. The van der Waals surface area contributed by atoms with Gasteiger partial charge in [-0.3, -0.25) is 9.05 Å². The first-order chi connectivity index (χ1) is 24.9. The predicted octanol–water partition coefficient (Wildman–Crippen LogP) is 8.51. The molecule has 0 N–H and O–H groups in total. The molecule has 0 spiro atoms. The largest absolute Gasteiger partial charge is 0.530 e. The van der Waals surface area contributed by atoms with Crippen molar-refractivity contribution in [1.82, 2.24) is 0 Å². The molecular weight excluding hydrogens is 669 g/mol. The fourth-order valence-corrected chi connectivity index (χ4v) is 6.43. The van der Waals surface area contributed by atoms with Crippen molar-refractivity contribution in [1.29, 1.82) is 0 Å². The van der Waals surface area contributed by atoms with E-state index < -0.39 is 19.4 Å². The number of hydrogen-bond acceptors (Lipinski definition) is 9. The Bertz CT molecular complexity index is 1860. The van der Waals surface area contributed by atoms with Crippen LogP contribution in [-0.2, 0) is 35.3 Å². The first kappa shape index (κ1) is 36.8. The summed E-state index contributed by atoms with van der Waals surface area (Å²) in [5, 5.41) is 0. The second-order valence-electron chi connectivity index (χ2n) is 11.0. The molecule has 0 heterocycles. The smallest absolute Gasteiger partial charge is 0.497 e. The normalized spacial score (nSPS) is 12.3. The van der Waals surface area contributed by atoms with E-state index in [1.807, 2.05) is 78.9 Å². The third-order valence-corrected chi connectivity index (χ3v) is 9.23. The molecule has 0 aromatic heterocycles. The molecule has 51 heavy (non-hydrogen) atoms. The van der Waals surface area contributed by atoms with E-state index in [-0.39, 0.29) is 38.7 Å². The summed E-state index contributed by atoms with van der Waals surface area (Å²) < 4.78 is 53.1. The Morgan fingerprint density at radius 3 is 1.71 bits per heavy atom. The maximum atomic E-state index is 13.5. The van der Waals surface area contributed by atoms with Crippen LogP contribution < -0.4 is 14.0 Å². The molecular formula is C40H38NO9P. The van der Waals surface area contributed by atoms with Gasteiger partial charge in [-0.2, -0.15) is 0 Å². The number of phosphoric acid groups is 1. The number of carbonyl (C=O) groups excluding carboxylic acids is 1. The minimum absolute atomic E-state index is 0.0401. The van der Waals surface area contributed by atoms with Crippen LogP contribution in [0.1, 0.15) is 32.6 Å². The van der Waals surface area contributed by atoms with Crippen molar-refractivity contribution < 1.29 is 41.9 Å². The van der Waals surface area contributed by atoms with E-state index in [4.69, 9.17) is 39.1 Å². The summed E-state index contributed by atoms with van der Waals surface area (Å²) in [5.41, 5.74) is 2.88. The maximum Gasteiger partial charge on any atom is 0.530 e. The van der Waals surface area contributed by atoms with Crippen LogP contribution in [0.4, 0.5) is 0 Å². The molecule has 262 valence electrons. The molecule has 5 aromatic rings. The number of benzene rings is 5. The summed E-state index contributed by atoms with van der Waals surface area (Å²) in [5.74, 6) is 1.11. The standard InChI is InChI=1S/C40H38NO9P/c1-41-26-27-48-51(43,49-29-28-46-39(42)32-10-6-4-7-11-32)50-38-20-14-31(15-21-38)30-47-40(33-12-8-5-9-13-33,34-16-22-36(44-2)23-17-34)35-18-24-37(45-3)25-19-35/h4-25H,26-30H2,2-3H3. The number of hydrogen-bond donors (Lipinski definition) is 0. The van der Waals surface area contributed by atoms with E-state index in [9.17, 15) is 9.36 Å². The van der Waals surface area contributed by atoms with Crippen molar-refractivity contribution >= 4 is 13.8 Å². The minimum Gasteiger partial charge on any atom is -0.497 e. The van der Waals surface area contributed by atoms with Crippen molar-refractivity contribution in [2.24, 2.45) is 0 Å². The van der Waals surface area contributed by atoms with E-state index in [0.717, 1.165) is 33.8 Å². The molecule has 5 aromatic carbocycles. The van der Waals surface area contributed by atoms with Gasteiger partial charge in [0.1, 0.15) is 36.1 Å². The zero-order chi connectivity index (χ0) is 35.9. The highest BCUT2D eigenvalue weighted by molar-refractivity contribution is 7.48. The first-order valence-corrected chi connectivity index (χ1v) is 17.6. The van der Waals surface area contributed by atoms with Gasteiger partial charge in [-0.05, 0) is 70.8 Å². The van der Waals surface area contributed by atoms with Crippen LogP contribution in [0.5, 0.6) is 17.2 Å². The predicted molar refractivity (Wildman–Crippen MR) is 192 cm³/mol. The average Bonchev–Trinajstić information content (AvgIpc) is 3.18. The highest BCUT2D eigenvalue weighted by Gasteiger charge is 2.38. The Morgan fingerprint density at radius 1 is 0.647 bits per heavy atom. The van der Waals surface area contributed by atoms with Crippen LogP contribution in [-0.4, -0.2) is 46.6 Å². The maximum absolute atomic E-state index is 13.5.